The van der Waals surface area contributed by atoms with Crippen molar-refractivity contribution >= 4 is 28.7 Å². The molecular weight excluding hydrogens is 526 g/mol. The quantitative estimate of drug-likeness (QED) is 0.519. The van der Waals surface area contributed by atoms with Crippen LogP contribution in [0.1, 0.15) is 29.5 Å². The fourth-order valence-electron chi connectivity index (χ4n) is 4.06. The number of likely N-dealkylation sites (tertiary alicyclic amines) is 1. The Kier molecular flexibility index (Phi) is 8.96. The number of allylic oxidation sites excluding steroid dienone is 1. The SMILES string of the molecule is CN(C)C(=O)[C@@H](CO)N=C1NC(=O)S/C1=C\C1CCN(Cc2ccc(C(F)(F)F)cc2C(F)(F)F)CC1. The van der Waals surface area contributed by atoms with Gasteiger partial charge in [0.1, 0.15) is 5.84 Å². The minimum atomic E-state index is -4.92. The van der Waals surface area contributed by atoms with Crippen molar-refractivity contribution in [2.24, 2.45) is 10.9 Å². The van der Waals surface area contributed by atoms with Gasteiger partial charge < -0.3 is 15.3 Å². The van der Waals surface area contributed by atoms with Crippen molar-refractivity contribution in [3.63, 3.8) is 0 Å². The van der Waals surface area contributed by atoms with E-state index in [0.717, 1.165) is 17.8 Å². The zero-order valence-electron chi connectivity index (χ0n) is 20.0. The number of nitrogens with one attached hydrogen (secondary N) is 1. The zero-order chi connectivity index (χ0) is 27.5. The average molecular weight is 553 g/mol. The molecule has 204 valence electrons. The summed E-state index contributed by atoms with van der Waals surface area (Å²) in [5, 5.41) is 11.7. The van der Waals surface area contributed by atoms with Crippen LogP contribution in [0, 0.1) is 5.92 Å². The van der Waals surface area contributed by atoms with Crippen molar-refractivity contribution in [3.8, 4) is 0 Å². The highest BCUT2D eigenvalue weighted by Crippen LogP contribution is 2.38. The summed E-state index contributed by atoms with van der Waals surface area (Å²) in [4.78, 5) is 31.8. The highest BCUT2D eigenvalue weighted by Gasteiger charge is 2.38. The summed E-state index contributed by atoms with van der Waals surface area (Å²) >= 11 is 0.895. The number of nitrogens with zero attached hydrogens (tertiary/aromatic N) is 3. The molecule has 3 rings (SSSR count). The lowest BCUT2D eigenvalue weighted by Gasteiger charge is -2.31. The van der Waals surface area contributed by atoms with Crippen molar-refractivity contribution in [3.05, 3.63) is 45.9 Å². The third-order valence-corrected chi connectivity index (χ3v) is 6.83. The molecule has 1 aromatic carbocycles. The van der Waals surface area contributed by atoms with Crippen molar-refractivity contribution in [2.45, 2.75) is 37.8 Å². The maximum Gasteiger partial charge on any atom is 0.416 e. The van der Waals surface area contributed by atoms with Gasteiger partial charge in [0.15, 0.2) is 6.04 Å². The van der Waals surface area contributed by atoms with Gasteiger partial charge in [-0.15, -0.1) is 0 Å². The molecule has 37 heavy (non-hydrogen) atoms. The minimum absolute atomic E-state index is 0.0385. The molecule has 0 spiro atoms. The molecule has 2 aliphatic heterocycles. The lowest BCUT2D eigenvalue weighted by molar-refractivity contribution is -0.143. The lowest BCUT2D eigenvalue weighted by atomic mass is 9.95. The molecule has 2 aliphatic rings. The van der Waals surface area contributed by atoms with E-state index in [-0.39, 0.29) is 29.9 Å². The second kappa shape index (κ2) is 11.4. The molecule has 0 unspecified atom stereocenters. The molecule has 0 aliphatic carbocycles. The molecule has 0 radical (unpaired) electrons. The molecule has 7 nitrogen and oxygen atoms in total. The van der Waals surface area contributed by atoms with Crippen LogP contribution in [0.15, 0.2) is 34.2 Å². The molecule has 2 fully saturated rings. The number of hydrogen-bond acceptors (Lipinski definition) is 6. The molecule has 2 N–H and O–H groups in total. The van der Waals surface area contributed by atoms with Gasteiger partial charge >= 0.3 is 12.4 Å². The van der Waals surface area contributed by atoms with Crippen molar-refractivity contribution in [1.29, 1.82) is 0 Å². The highest BCUT2D eigenvalue weighted by molar-refractivity contribution is 8.18. The van der Waals surface area contributed by atoms with Crippen molar-refractivity contribution < 1.29 is 41.0 Å². The first-order chi connectivity index (χ1) is 17.2. The van der Waals surface area contributed by atoms with Gasteiger partial charge in [-0.3, -0.25) is 19.5 Å². The molecule has 2 amide bonds. The Labute approximate surface area is 213 Å². The van der Waals surface area contributed by atoms with Gasteiger partial charge in [-0.05, 0) is 61.3 Å². The van der Waals surface area contributed by atoms with Gasteiger partial charge in [-0.2, -0.15) is 26.3 Å². The van der Waals surface area contributed by atoms with Crippen LogP contribution in [0.4, 0.5) is 31.1 Å². The molecule has 2 saturated heterocycles. The number of carbonyl (C=O) groups excluding carboxylic acids is 2. The maximum absolute atomic E-state index is 13.5. The van der Waals surface area contributed by atoms with Gasteiger partial charge in [0.2, 0.25) is 5.91 Å². The molecule has 1 aromatic rings. The molecule has 0 aromatic heterocycles. The first-order valence-corrected chi connectivity index (χ1v) is 12.1. The summed E-state index contributed by atoms with van der Waals surface area (Å²) in [6, 6.07) is 0.599. The van der Waals surface area contributed by atoms with Gasteiger partial charge in [-0.1, -0.05) is 12.1 Å². The molecule has 14 heteroatoms. The van der Waals surface area contributed by atoms with Crippen molar-refractivity contribution in [2.75, 3.05) is 33.8 Å². The van der Waals surface area contributed by atoms with Gasteiger partial charge in [0, 0.05) is 20.6 Å². The predicted octanol–water partition coefficient (Wildman–Crippen LogP) is 4.12. The third kappa shape index (κ3) is 7.48. The first-order valence-electron chi connectivity index (χ1n) is 11.3. The summed E-state index contributed by atoms with van der Waals surface area (Å²) < 4.78 is 79.1. The van der Waals surface area contributed by atoms with E-state index in [4.69, 9.17) is 0 Å². The van der Waals surface area contributed by atoms with Crippen LogP contribution < -0.4 is 5.32 Å². The number of amides is 2. The number of aliphatic hydroxyl groups is 1. The summed E-state index contributed by atoms with van der Waals surface area (Å²) in [6.45, 7) is 0.0898. The van der Waals surface area contributed by atoms with Crippen LogP contribution in [0.25, 0.3) is 0 Å². The van der Waals surface area contributed by atoms with E-state index < -0.39 is 47.3 Å². The van der Waals surface area contributed by atoms with Crippen LogP contribution in [0.2, 0.25) is 0 Å². The summed E-state index contributed by atoms with van der Waals surface area (Å²) in [5.74, 6) is -0.301. The Balaban J connectivity index is 1.70. The van der Waals surface area contributed by atoms with Gasteiger partial charge in [-0.25, -0.2) is 0 Å². The Hall–Kier alpha value is -2.58. The molecular formula is C23H26F6N4O3S. The monoisotopic (exact) mass is 552 g/mol. The Morgan fingerprint density at radius 3 is 2.41 bits per heavy atom. The number of alkyl halides is 6. The number of amidine groups is 1. The number of aliphatic imine (C=N–C) groups is 1. The fourth-order valence-corrected chi connectivity index (χ4v) is 4.86. The highest BCUT2D eigenvalue weighted by atomic mass is 32.2. The predicted molar refractivity (Wildman–Crippen MR) is 126 cm³/mol. The number of rotatable bonds is 6. The lowest BCUT2D eigenvalue weighted by Crippen LogP contribution is -2.36. The number of hydrogen-bond donors (Lipinski definition) is 2. The molecule has 2 heterocycles. The topological polar surface area (TPSA) is 85.2 Å². The smallest absolute Gasteiger partial charge is 0.394 e. The number of halogens is 6. The van der Waals surface area contributed by atoms with E-state index in [2.05, 4.69) is 10.3 Å². The standard InChI is InChI=1S/C23H26F6N4O3S/c1-32(2)20(35)17(12-34)30-19-18(37-21(36)31-19)9-13-5-7-33(8-6-13)11-14-3-4-15(22(24,25)26)10-16(14)23(27,28)29/h3-4,9-10,13,17,34H,5-8,11-12H2,1-2H3,(H,30,31,36)/b18-9-/t17-/m1/s1. The molecule has 0 saturated carbocycles. The molecule has 0 bridgehead atoms. The van der Waals surface area contributed by atoms with E-state index in [1.165, 1.54) is 19.0 Å². The van der Waals surface area contributed by atoms with E-state index in [1.54, 1.807) is 4.90 Å². The summed E-state index contributed by atoms with van der Waals surface area (Å²) in [7, 11) is 3.03. The first kappa shape index (κ1) is 29.0. The Morgan fingerprint density at radius 2 is 1.86 bits per heavy atom. The van der Waals surface area contributed by atoms with E-state index in [1.807, 2.05) is 6.08 Å². The average Bonchev–Trinajstić information content (AvgIpc) is 3.15. The van der Waals surface area contributed by atoms with E-state index >= 15 is 0 Å². The van der Waals surface area contributed by atoms with E-state index in [9.17, 15) is 41.0 Å². The van der Waals surface area contributed by atoms with E-state index in [0.29, 0.717) is 36.9 Å². The van der Waals surface area contributed by atoms with Crippen LogP contribution in [-0.4, -0.2) is 71.7 Å². The number of carbonyl (C=O) groups is 2. The minimum Gasteiger partial charge on any atom is -0.394 e. The third-order valence-electron chi connectivity index (χ3n) is 6.00. The second-order valence-electron chi connectivity index (χ2n) is 8.94. The summed E-state index contributed by atoms with van der Waals surface area (Å²) in [6.07, 6.45) is -6.92. The second-order valence-corrected chi connectivity index (χ2v) is 9.95. The largest absolute Gasteiger partial charge is 0.416 e. The maximum atomic E-state index is 13.5. The van der Waals surface area contributed by atoms with Gasteiger partial charge in [0.05, 0.1) is 22.6 Å². The number of benzene rings is 1. The number of piperidine rings is 1. The number of aliphatic hydroxyl groups excluding tert-OH is 1. The van der Waals surface area contributed by atoms with Crippen LogP contribution in [0.5, 0.6) is 0 Å². The van der Waals surface area contributed by atoms with Crippen molar-refractivity contribution in [1.82, 2.24) is 15.1 Å². The zero-order valence-corrected chi connectivity index (χ0v) is 20.8. The number of likely N-dealkylation sites (N-methyl/N-ethyl adjacent to an activating group) is 1. The van der Waals surface area contributed by atoms with Gasteiger partial charge in [0.25, 0.3) is 5.24 Å². The van der Waals surface area contributed by atoms with Crippen LogP contribution in [-0.2, 0) is 23.7 Å². The summed E-state index contributed by atoms with van der Waals surface area (Å²) in [5.41, 5.74) is -2.88. The fraction of sp³-hybridized carbons (Fsp3) is 0.522. The Bertz CT molecular complexity index is 1080. The normalized spacial score (nSPS) is 20.9. The Morgan fingerprint density at radius 1 is 1.22 bits per heavy atom. The van der Waals surface area contributed by atoms with Crippen LogP contribution >= 0.6 is 11.8 Å². The van der Waals surface area contributed by atoms with Crippen LogP contribution in [0.3, 0.4) is 0 Å². The molecule has 1 atom stereocenters. The number of thioether (sulfide) groups is 1.